The molecule has 0 saturated heterocycles. The summed E-state index contributed by atoms with van der Waals surface area (Å²) in [6, 6.07) is 0. The maximum Gasteiger partial charge on any atom is 0.456 e. The molecule has 13 heavy (non-hydrogen) atoms. The molecule has 0 aliphatic carbocycles. The van der Waals surface area contributed by atoms with Crippen molar-refractivity contribution in [3.8, 4) is 0 Å². The molecule has 0 atom stereocenters. The monoisotopic (exact) mass is 278 g/mol. The maximum absolute atomic E-state index is 10.8. The molecule has 0 amide bonds. The van der Waals surface area contributed by atoms with Gasteiger partial charge in [-0.1, -0.05) is 6.92 Å². The van der Waals surface area contributed by atoms with E-state index in [-0.39, 0.29) is 45.1 Å². The molecular formula is C7H13O4SiY-. The summed E-state index contributed by atoms with van der Waals surface area (Å²) in [4.78, 5) is 21.2. The molecule has 0 heterocycles. The summed E-state index contributed by atoms with van der Waals surface area (Å²) in [6.45, 7) is 7.95. The first-order chi connectivity index (χ1) is 5.37. The van der Waals surface area contributed by atoms with Crippen LogP contribution in [0.2, 0.25) is 13.1 Å². The molecule has 0 spiro atoms. The predicted molar refractivity (Wildman–Crippen MR) is 45.3 cm³/mol. The Morgan fingerprint density at radius 3 is 2.08 bits per heavy atom. The van der Waals surface area contributed by atoms with E-state index in [1.807, 2.05) is 0 Å². The van der Waals surface area contributed by atoms with Crippen LogP contribution in [0.15, 0.2) is 0 Å². The van der Waals surface area contributed by atoms with Gasteiger partial charge in [-0.05, 0) is 0 Å². The van der Waals surface area contributed by atoms with Gasteiger partial charge in [0.15, 0.2) is 5.97 Å². The summed E-state index contributed by atoms with van der Waals surface area (Å²) >= 11 is 0. The molecule has 0 aromatic rings. The molecule has 0 aliphatic rings. The average molecular weight is 278 g/mol. The molecule has 0 aliphatic heterocycles. The molecule has 0 N–H and O–H groups in total. The van der Waals surface area contributed by atoms with Gasteiger partial charge in [0.05, 0.1) is 0 Å². The van der Waals surface area contributed by atoms with Crippen molar-refractivity contribution in [2.75, 3.05) is 0 Å². The van der Waals surface area contributed by atoms with Crippen molar-refractivity contribution in [1.29, 1.82) is 0 Å². The summed E-state index contributed by atoms with van der Waals surface area (Å²) in [6.07, 6.45) is 0.283. The van der Waals surface area contributed by atoms with Crippen LogP contribution in [0.1, 0.15) is 13.3 Å². The van der Waals surface area contributed by atoms with Crippen LogP contribution < -0.4 is 0 Å². The zero-order chi connectivity index (χ0) is 9.78. The van der Waals surface area contributed by atoms with Crippen molar-refractivity contribution < 1.29 is 51.2 Å². The zero-order valence-corrected chi connectivity index (χ0v) is 12.0. The molecule has 0 rings (SSSR count). The van der Waals surface area contributed by atoms with Crippen LogP contribution in [0.4, 0.5) is 0 Å². The molecular weight excluding hydrogens is 265 g/mol. The van der Waals surface area contributed by atoms with Crippen LogP contribution >= 0.6 is 0 Å². The van der Waals surface area contributed by atoms with Crippen LogP contribution in [-0.4, -0.2) is 20.5 Å². The minimum absolute atomic E-state index is 0. The standard InChI is InChI=1S/C7H13O4Si.Y/c1-5-7(9)11-12(3,4)10-6(2)8;/h2,5H2,1,3-4H3;/q-1;. The Morgan fingerprint density at radius 1 is 1.31 bits per heavy atom. The first-order valence-corrected chi connectivity index (χ1v) is 6.46. The fourth-order valence-corrected chi connectivity index (χ4v) is 1.92. The first-order valence-electron chi connectivity index (χ1n) is 3.64. The normalized spacial score (nSPS) is 9.77. The fourth-order valence-electron chi connectivity index (χ4n) is 0.641. The van der Waals surface area contributed by atoms with Gasteiger partial charge in [0, 0.05) is 52.2 Å². The van der Waals surface area contributed by atoms with Crippen LogP contribution in [0.3, 0.4) is 0 Å². The molecule has 73 valence electrons. The summed E-state index contributed by atoms with van der Waals surface area (Å²) < 4.78 is 9.67. The second kappa shape index (κ2) is 6.56. The minimum atomic E-state index is -2.61. The van der Waals surface area contributed by atoms with Gasteiger partial charge in [-0.15, -0.1) is 0 Å². The molecule has 4 nitrogen and oxygen atoms in total. The Hall–Kier alpha value is 0.131. The van der Waals surface area contributed by atoms with Crippen LogP contribution in [0.5, 0.6) is 0 Å². The number of carbonyl (C=O) groups excluding carboxylic acids is 2. The Bertz CT molecular complexity index is 193. The second-order valence-corrected chi connectivity index (χ2v) is 5.91. The molecule has 0 fully saturated rings. The van der Waals surface area contributed by atoms with Gasteiger partial charge in [-0.2, -0.15) is 0 Å². The largest absolute Gasteiger partial charge is 0.508 e. The van der Waals surface area contributed by atoms with Gasteiger partial charge >= 0.3 is 8.56 Å². The molecule has 0 aromatic heterocycles. The third-order valence-corrected chi connectivity index (χ3v) is 2.45. The van der Waals surface area contributed by atoms with E-state index in [0.717, 1.165) is 0 Å². The van der Waals surface area contributed by atoms with E-state index in [1.165, 1.54) is 0 Å². The molecule has 6 heteroatoms. The first kappa shape index (κ1) is 15.6. The number of rotatable bonds is 3. The van der Waals surface area contributed by atoms with Crippen molar-refractivity contribution in [2.24, 2.45) is 0 Å². The molecule has 0 aromatic carbocycles. The van der Waals surface area contributed by atoms with Gasteiger partial charge in [-0.25, -0.2) is 0 Å². The molecule has 1 radical (unpaired) electrons. The Kier molecular flexibility index (Phi) is 7.88. The van der Waals surface area contributed by atoms with E-state index < -0.39 is 14.5 Å². The summed E-state index contributed by atoms with van der Waals surface area (Å²) in [5.41, 5.74) is 0. The third-order valence-electron chi connectivity index (χ3n) is 1.01. The van der Waals surface area contributed by atoms with Crippen molar-refractivity contribution in [1.82, 2.24) is 0 Å². The Morgan fingerprint density at radius 2 is 1.77 bits per heavy atom. The second-order valence-electron chi connectivity index (χ2n) is 2.70. The number of hydrogen-bond donors (Lipinski definition) is 0. The summed E-state index contributed by atoms with van der Waals surface area (Å²) in [7, 11) is -2.61. The minimum Gasteiger partial charge on any atom is -0.508 e. The van der Waals surface area contributed by atoms with E-state index in [4.69, 9.17) is 8.85 Å². The Labute approximate surface area is 104 Å². The van der Waals surface area contributed by atoms with E-state index >= 15 is 0 Å². The van der Waals surface area contributed by atoms with Crippen molar-refractivity contribution >= 4 is 20.5 Å². The van der Waals surface area contributed by atoms with Crippen molar-refractivity contribution in [2.45, 2.75) is 26.4 Å². The van der Waals surface area contributed by atoms with Crippen LogP contribution in [0.25, 0.3) is 0 Å². The molecule has 0 bridgehead atoms. The quantitative estimate of drug-likeness (QED) is 0.571. The third kappa shape index (κ3) is 8.46. The van der Waals surface area contributed by atoms with Crippen LogP contribution in [0, 0.1) is 6.92 Å². The van der Waals surface area contributed by atoms with Gasteiger partial charge in [0.2, 0.25) is 0 Å². The topological polar surface area (TPSA) is 52.6 Å². The zero-order valence-electron chi connectivity index (χ0n) is 8.12. The van der Waals surface area contributed by atoms with Crippen molar-refractivity contribution in [3.63, 3.8) is 0 Å². The molecule has 0 unspecified atom stereocenters. The summed E-state index contributed by atoms with van der Waals surface area (Å²) in [5.74, 6) is -1.01. The van der Waals surface area contributed by atoms with Gasteiger partial charge in [0.1, 0.15) is 0 Å². The smallest absolute Gasteiger partial charge is 0.456 e. The van der Waals surface area contributed by atoms with Gasteiger partial charge in [0.25, 0.3) is 5.97 Å². The number of hydrogen-bond acceptors (Lipinski definition) is 4. The molecule has 0 saturated carbocycles. The van der Waals surface area contributed by atoms with Gasteiger partial charge < -0.3 is 15.8 Å². The summed E-state index contributed by atoms with van der Waals surface area (Å²) in [5, 5.41) is 0. The predicted octanol–water partition coefficient (Wildman–Crippen LogP) is 1.02. The SMILES string of the molecule is [CH2-]C(=O)O[Si](C)(C)OC(=O)CC.[Y]. The van der Waals surface area contributed by atoms with E-state index in [0.29, 0.717) is 0 Å². The fraction of sp³-hybridized carbons (Fsp3) is 0.571. The Balaban J connectivity index is 0. The average Bonchev–Trinajstić information content (AvgIpc) is 1.83. The maximum atomic E-state index is 10.8. The van der Waals surface area contributed by atoms with Gasteiger partial charge in [-0.3, -0.25) is 9.59 Å². The van der Waals surface area contributed by atoms with Crippen molar-refractivity contribution in [3.05, 3.63) is 6.92 Å². The van der Waals surface area contributed by atoms with E-state index in [2.05, 4.69) is 6.92 Å². The van der Waals surface area contributed by atoms with Crippen LogP contribution in [-0.2, 0) is 51.2 Å². The van der Waals surface area contributed by atoms with E-state index in [1.54, 1.807) is 20.0 Å². The number of carbonyl (C=O) groups is 2. The van der Waals surface area contributed by atoms with E-state index in [9.17, 15) is 9.59 Å².